The molecule has 1 amide bonds. The van der Waals surface area contributed by atoms with Gasteiger partial charge in [-0.2, -0.15) is 0 Å². The Morgan fingerprint density at radius 2 is 1.89 bits per heavy atom. The van der Waals surface area contributed by atoms with Crippen LogP contribution >= 0.6 is 0 Å². The zero-order valence-electron chi connectivity index (χ0n) is 12.3. The van der Waals surface area contributed by atoms with Gasteiger partial charge in [-0.25, -0.2) is 0 Å². The lowest BCUT2D eigenvalue weighted by molar-refractivity contribution is -0.120. The van der Waals surface area contributed by atoms with Gasteiger partial charge in [0.15, 0.2) is 0 Å². The van der Waals surface area contributed by atoms with Gasteiger partial charge in [-0.1, -0.05) is 26.7 Å². The van der Waals surface area contributed by atoms with E-state index in [1.165, 1.54) is 12.8 Å². The van der Waals surface area contributed by atoms with Crippen LogP contribution in [0.4, 0.5) is 0 Å². The molecule has 106 valence electrons. The lowest BCUT2D eigenvalue weighted by Gasteiger charge is -2.31. The molecule has 0 aromatic rings. The zero-order valence-corrected chi connectivity index (χ0v) is 12.3. The molecular weight excluding hydrogens is 226 g/mol. The molecule has 1 aliphatic carbocycles. The molecule has 4 heteroatoms. The van der Waals surface area contributed by atoms with E-state index in [0.29, 0.717) is 24.5 Å². The van der Waals surface area contributed by atoms with E-state index in [9.17, 15) is 4.79 Å². The van der Waals surface area contributed by atoms with Crippen LogP contribution in [0.25, 0.3) is 0 Å². The number of carbonyl (C=O) groups is 1. The molecule has 0 spiro atoms. The maximum absolute atomic E-state index is 11.7. The van der Waals surface area contributed by atoms with Gasteiger partial charge in [0, 0.05) is 18.6 Å². The highest BCUT2D eigenvalue weighted by molar-refractivity contribution is 5.78. The van der Waals surface area contributed by atoms with Gasteiger partial charge in [0.05, 0.1) is 6.54 Å². The number of rotatable bonds is 9. The van der Waals surface area contributed by atoms with Gasteiger partial charge in [0.25, 0.3) is 0 Å². The van der Waals surface area contributed by atoms with E-state index in [1.54, 1.807) is 0 Å². The van der Waals surface area contributed by atoms with Crippen LogP contribution in [0.5, 0.6) is 0 Å². The Labute approximate surface area is 111 Å². The van der Waals surface area contributed by atoms with E-state index in [4.69, 9.17) is 0 Å². The second-order valence-electron chi connectivity index (χ2n) is 5.57. The molecule has 1 fully saturated rings. The molecule has 1 rings (SSSR count). The van der Waals surface area contributed by atoms with E-state index >= 15 is 0 Å². The highest BCUT2D eigenvalue weighted by atomic mass is 16.1. The molecule has 0 saturated heterocycles. The summed E-state index contributed by atoms with van der Waals surface area (Å²) in [5.74, 6) is 0.774. The summed E-state index contributed by atoms with van der Waals surface area (Å²) in [5.41, 5.74) is 0. The van der Waals surface area contributed by atoms with Crippen molar-refractivity contribution >= 4 is 5.91 Å². The number of hydrogen-bond donors (Lipinski definition) is 2. The van der Waals surface area contributed by atoms with Crippen molar-refractivity contribution in [2.75, 3.05) is 27.2 Å². The third-order valence-electron chi connectivity index (χ3n) is 3.89. The monoisotopic (exact) mass is 255 g/mol. The molecule has 0 radical (unpaired) electrons. The molecule has 0 aromatic carbocycles. The van der Waals surface area contributed by atoms with Gasteiger partial charge >= 0.3 is 0 Å². The fourth-order valence-corrected chi connectivity index (χ4v) is 2.41. The number of likely N-dealkylation sites (N-methyl/N-ethyl adjacent to an activating group) is 1. The minimum absolute atomic E-state index is 0.125. The molecule has 0 aromatic heterocycles. The summed E-state index contributed by atoms with van der Waals surface area (Å²) in [7, 11) is 4.19. The zero-order chi connectivity index (χ0) is 13.5. The number of nitrogens with zero attached hydrogens (tertiary/aromatic N) is 1. The van der Waals surface area contributed by atoms with Crippen LogP contribution in [0.2, 0.25) is 0 Å². The van der Waals surface area contributed by atoms with Gasteiger partial charge in [0.1, 0.15) is 0 Å². The van der Waals surface area contributed by atoms with Gasteiger partial charge in [-0.05, 0) is 32.9 Å². The van der Waals surface area contributed by atoms with E-state index in [-0.39, 0.29) is 5.91 Å². The number of nitrogens with one attached hydrogen (secondary N) is 2. The molecule has 1 atom stereocenters. The quantitative estimate of drug-likeness (QED) is 0.651. The standard InChI is InChI=1S/C14H29N3O/c1-5-11(6-2)13(17(3)4)9-16-14(18)10-15-12-7-8-12/h11-13,15H,5-10H2,1-4H3,(H,16,18). The number of hydrogen-bond acceptors (Lipinski definition) is 3. The summed E-state index contributed by atoms with van der Waals surface area (Å²) in [6.45, 7) is 5.67. The van der Waals surface area contributed by atoms with E-state index in [1.807, 2.05) is 0 Å². The number of amides is 1. The van der Waals surface area contributed by atoms with Crippen LogP contribution in [0, 0.1) is 5.92 Å². The van der Waals surface area contributed by atoms with Crippen molar-refractivity contribution in [3.05, 3.63) is 0 Å². The maximum atomic E-state index is 11.7. The Hall–Kier alpha value is -0.610. The first kappa shape index (κ1) is 15.4. The van der Waals surface area contributed by atoms with Crippen molar-refractivity contribution < 1.29 is 4.79 Å². The summed E-state index contributed by atoms with van der Waals surface area (Å²) in [5, 5.41) is 6.29. The summed E-state index contributed by atoms with van der Waals surface area (Å²) < 4.78 is 0. The second kappa shape index (κ2) is 7.74. The average Bonchev–Trinajstić information content (AvgIpc) is 3.15. The minimum atomic E-state index is 0.125. The molecule has 1 unspecified atom stereocenters. The van der Waals surface area contributed by atoms with Gasteiger partial charge in [-0.15, -0.1) is 0 Å². The normalized spacial score (nSPS) is 17.2. The topological polar surface area (TPSA) is 44.4 Å². The molecule has 0 aliphatic heterocycles. The van der Waals surface area contributed by atoms with Crippen molar-refractivity contribution in [3.8, 4) is 0 Å². The van der Waals surface area contributed by atoms with Crippen LogP contribution in [0.15, 0.2) is 0 Å². The molecule has 2 N–H and O–H groups in total. The molecule has 18 heavy (non-hydrogen) atoms. The largest absolute Gasteiger partial charge is 0.353 e. The van der Waals surface area contributed by atoms with Crippen LogP contribution in [0.3, 0.4) is 0 Å². The molecule has 1 aliphatic rings. The summed E-state index contributed by atoms with van der Waals surface area (Å²) in [6, 6.07) is 1.03. The first-order chi connectivity index (χ1) is 8.58. The molecular formula is C14H29N3O. The third-order valence-corrected chi connectivity index (χ3v) is 3.89. The fraction of sp³-hybridized carbons (Fsp3) is 0.929. The van der Waals surface area contributed by atoms with Crippen molar-refractivity contribution in [3.63, 3.8) is 0 Å². The van der Waals surface area contributed by atoms with Crippen LogP contribution < -0.4 is 10.6 Å². The lowest BCUT2D eigenvalue weighted by atomic mass is 9.93. The maximum Gasteiger partial charge on any atom is 0.234 e. The van der Waals surface area contributed by atoms with Crippen LogP contribution in [-0.2, 0) is 4.79 Å². The molecule has 4 nitrogen and oxygen atoms in total. The lowest BCUT2D eigenvalue weighted by Crippen LogP contribution is -2.46. The Morgan fingerprint density at radius 1 is 1.28 bits per heavy atom. The Bertz CT molecular complexity index is 247. The van der Waals surface area contributed by atoms with Crippen molar-refractivity contribution in [2.24, 2.45) is 5.92 Å². The first-order valence-corrected chi connectivity index (χ1v) is 7.24. The first-order valence-electron chi connectivity index (χ1n) is 7.24. The molecule has 1 saturated carbocycles. The summed E-state index contributed by atoms with van der Waals surface area (Å²) >= 11 is 0. The minimum Gasteiger partial charge on any atom is -0.353 e. The van der Waals surface area contributed by atoms with Gasteiger partial charge in [0.2, 0.25) is 5.91 Å². The number of carbonyl (C=O) groups excluding carboxylic acids is 1. The average molecular weight is 255 g/mol. The Balaban J connectivity index is 2.28. The highest BCUT2D eigenvalue weighted by Gasteiger charge is 2.23. The van der Waals surface area contributed by atoms with E-state index in [2.05, 4.69) is 43.5 Å². The summed E-state index contributed by atoms with van der Waals surface area (Å²) in [4.78, 5) is 13.9. The highest BCUT2D eigenvalue weighted by Crippen LogP contribution is 2.18. The van der Waals surface area contributed by atoms with Gasteiger partial charge in [-0.3, -0.25) is 4.79 Å². The Morgan fingerprint density at radius 3 is 2.33 bits per heavy atom. The van der Waals surface area contributed by atoms with E-state index < -0.39 is 0 Å². The van der Waals surface area contributed by atoms with Crippen LogP contribution in [-0.4, -0.2) is 50.1 Å². The van der Waals surface area contributed by atoms with E-state index in [0.717, 1.165) is 19.4 Å². The Kier molecular flexibility index (Phi) is 6.65. The molecule has 0 bridgehead atoms. The molecule has 0 heterocycles. The fourth-order valence-electron chi connectivity index (χ4n) is 2.41. The predicted molar refractivity (Wildman–Crippen MR) is 75.6 cm³/mol. The van der Waals surface area contributed by atoms with Crippen molar-refractivity contribution in [1.29, 1.82) is 0 Å². The summed E-state index contributed by atoms with van der Waals surface area (Å²) in [6.07, 6.45) is 4.77. The predicted octanol–water partition coefficient (Wildman–Crippen LogP) is 1.22. The van der Waals surface area contributed by atoms with Crippen molar-refractivity contribution in [1.82, 2.24) is 15.5 Å². The van der Waals surface area contributed by atoms with Crippen LogP contribution in [0.1, 0.15) is 39.5 Å². The SMILES string of the molecule is CCC(CC)C(CNC(=O)CNC1CC1)N(C)C. The van der Waals surface area contributed by atoms with Crippen molar-refractivity contribution in [2.45, 2.75) is 51.6 Å². The second-order valence-corrected chi connectivity index (χ2v) is 5.57. The van der Waals surface area contributed by atoms with Gasteiger partial charge < -0.3 is 15.5 Å². The smallest absolute Gasteiger partial charge is 0.234 e. The third kappa shape index (κ3) is 5.36.